The Morgan fingerprint density at radius 2 is 1.78 bits per heavy atom. The number of carbonyl (C=O) groups is 2. The van der Waals surface area contributed by atoms with Gasteiger partial charge in [-0.2, -0.15) is 0 Å². The Morgan fingerprint density at radius 3 is 2.52 bits per heavy atom. The third-order valence-corrected chi connectivity index (χ3v) is 4.44. The number of benzene rings is 2. The third kappa shape index (κ3) is 4.81. The van der Waals surface area contributed by atoms with Crippen LogP contribution in [-0.4, -0.2) is 31.4 Å². The summed E-state index contributed by atoms with van der Waals surface area (Å²) in [6.45, 7) is 1.98. The summed E-state index contributed by atoms with van der Waals surface area (Å²) in [5.74, 6) is -2.61. The Morgan fingerprint density at radius 1 is 1.04 bits per heavy atom. The largest absolute Gasteiger partial charge is 0.370 e. The molecule has 0 bridgehead atoms. The summed E-state index contributed by atoms with van der Waals surface area (Å²) >= 11 is 0. The van der Waals surface area contributed by atoms with Gasteiger partial charge in [-0.05, 0) is 37.1 Å². The number of halogens is 2. The zero-order valence-electron chi connectivity index (χ0n) is 14.8. The first-order valence-corrected chi connectivity index (χ1v) is 8.91. The van der Waals surface area contributed by atoms with E-state index in [-0.39, 0.29) is 24.4 Å². The van der Waals surface area contributed by atoms with E-state index in [1.807, 2.05) is 24.3 Å². The molecule has 0 radical (unpaired) electrons. The molecule has 2 N–H and O–H groups in total. The van der Waals surface area contributed by atoms with Crippen molar-refractivity contribution >= 4 is 23.2 Å². The summed E-state index contributed by atoms with van der Waals surface area (Å²) in [6, 6.07) is 10.3. The Labute approximate surface area is 156 Å². The van der Waals surface area contributed by atoms with E-state index in [4.69, 9.17) is 0 Å². The number of hydrogen-bond donors (Lipinski definition) is 2. The average molecular weight is 373 g/mol. The summed E-state index contributed by atoms with van der Waals surface area (Å²) in [5.41, 5.74) is 1.47. The van der Waals surface area contributed by atoms with E-state index in [2.05, 4.69) is 15.5 Å². The molecule has 2 amide bonds. The molecule has 0 atom stereocenters. The maximum absolute atomic E-state index is 13.6. The molecule has 2 aromatic rings. The molecule has 1 aliphatic rings. The SMILES string of the molecule is O=C(CCNC(=O)c1ccc(F)cc1F)Nc1ccccc1N1CCCC1. The van der Waals surface area contributed by atoms with Crippen LogP contribution < -0.4 is 15.5 Å². The van der Waals surface area contributed by atoms with E-state index in [0.717, 1.165) is 49.4 Å². The Hall–Kier alpha value is -2.96. The van der Waals surface area contributed by atoms with Gasteiger partial charge in [0.25, 0.3) is 5.91 Å². The van der Waals surface area contributed by atoms with Crippen LogP contribution in [0, 0.1) is 11.6 Å². The van der Waals surface area contributed by atoms with Gasteiger partial charge in [0, 0.05) is 32.1 Å². The minimum Gasteiger partial charge on any atom is -0.370 e. The fourth-order valence-electron chi connectivity index (χ4n) is 3.08. The number of hydrogen-bond acceptors (Lipinski definition) is 3. The van der Waals surface area contributed by atoms with Crippen LogP contribution in [-0.2, 0) is 4.79 Å². The van der Waals surface area contributed by atoms with Gasteiger partial charge in [0.2, 0.25) is 5.91 Å². The first kappa shape index (κ1) is 18.8. The van der Waals surface area contributed by atoms with Crippen molar-refractivity contribution in [1.29, 1.82) is 0 Å². The van der Waals surface area contributed by atoms with E-state index in [0.29, 0.717) is 6.07 Å². The molecule has 142 valence electrons. The number of carbonyl (C=O) groups excluding carboxylic acids is 2. The fourth-order valence-corrected chi connectivity index (χ4v) is 3.08. The molecular formula is C20H21F2N3O2. The normalized spacial score (nSPS) is 13.5. The quantitative estimate of drug-likeness (QED) is 0.817. The second-order valence-corrected chi connectivity index (χ2v) is 6.39. The van der Waals surface area contributed by atoms with Gasteiger partial charge in [-0.1, -0.05) is 12.1 Å². The van der Waals surface area contributed by atoms with E-state index in [1.165, 1.54) is 0 Å². The van der Waals surface area contributed by atoms with E-state index in [1.54, 1.807) is 0 Å². The predicted octanol–water partition coefficient (Wildman–Crippen LogP) is 3.32. The zero-order chi connectivity index (χ0) is 19.2. The summed E-state index contributed by atoms with van der Waals surface area (Å²) in [4.78, 5) is 26.4. The van der Waals surface area contributed by atoms with Crippen LogP contribution in [0.2, 0.25) is 0 Å². The number of amides is 2. The van der Waals surface area contributed by atoms with Gasteiger partial charge in [0.15, 0.2) is 0 Å². The van der Waals surface area contributed by atoms with E-state index < -0.39 is 17.5 Å². The van der Waals surface area contributed by atoms with E-state index in [9.17, 15) is 18.4 Å². The number of nitrogens with one attached hydrogen (secondary N) is 2. The number of para-hydroxylation sites is 2. The third-order valence-electron chi connectivity index (χ3n) is 4.44. The first-order valence-electron chi connectivity index (χ1n) is 8.91. The molecule has 2 aromatic carbocycles. The second kappa shape index (κ2) is 8.62. The number of anilines is 2. The van der Waals surface area contributed by atoms with Gasteiger partial charge in [0.05, 0.1) is 16.9 Å². The molecule has 1 heterocycles. The van der Waals surface area contributed by atoms with Gasteiger partial charge in [-0.3, -0.25) is 9.59 Å². The van der Waals surface area contributed by atoms with Crippen LogP contribution in [0.1, 0.15) is 29.6 Å². The molecule has 1 fully saturated rings. The summed E-state index contributed by atoms with van der Waals surface area (Å²) in [5, 5.41) is 5.34. The van der Waals surface area contributed by atoms with Crippen LogP contribution >= 0.6 is 0 Å². The Bertz CT molecular complexity index is 836. The lowest BCUT2D eigenvalue weighted by molar-refractivity contribution is -0.116. The highest BCUT2D eigenvalue weighted by molar-refractivity contribution is 5.96. The Balaban J connectivity index is 1.52. The molecule has 0 saturated carbocycles. The smallest absolute Gasteiger partial charge is 0.254 e. The minimum atomic E-state index is -0.934. The van der Waals surface area contributed by atoms with Crippen molar-refractivity contribution in [1.82, 2.24) is 5.32 Å². The maximum atomic E-state index is 13.6. The molecular weight excluding hydrogens is 352 g/mol. The van der Waals surface area contributed by atoms with Crippen LogP contribution in [0.15, 0.2) is 42.5 Å². The lowest BCUT2D eigenvalue weighted by Gasteiger charge is -2.21. The van der Waals surface area contributed by atoms with Crippen molar-refractivity contribution < 1.29 is 18.4 Å². The zero-order valence-corrected chi connectivity index (χ0v) is 14.8. The average Bonchev–Trinajstić information content (AvgIpc) is 3.16. The van der Waals surface area contributed by atoms with Gasteiger partial charge in [-0.25, -0.2) is 8.78 Å². The van der Waals surface area contributed by atoms with Gasteiger partial charge in [-0.15, -0.1) is 0 Å². The van der Waals surface area contributed by atoms with Gasteiger partial charge < -0.3 is 15.5 Å². The lowest BCUT2D eigenvalue weighted by Crippen LogP contribution is -2.28. The van der Waals surface area contributed by atoms with Crippen molar-refractivity contribution in [3.63, 3.8) is 0 Å². The molecule has 5 nitrogen and oxygen atoms in total. The molecule has 3 rings (SSSR count). The van der Waals surface area contributed by atoms with Crippen molar-refractivity contribution in [2.45, 2.75) is 19.3 Å². The van der Waals surface area contributed by atoms with Crippen LogP contribution in [0.3, 0.4) is 0 Å². The minimum absolute atomic E-state index is 0.0445. The summed E-state index contributed by atoms with van der Waals surface area (Å²) < 4.78 is 26.5. The van der Waals surface area contributed by atoms with Gasteiger partial charge in [0.1, 0.15) is 11.6 Å². The van der Waals surface area contributed by atoms with Gasteiger partial charge >= 0.3 is 0 Å². The monoisotopic (exact) mass is 373 g/mol. The fraction of sp³-hybridized carbons (Fsp3) is 0.300. The standard InChI is InChI=1S/C20H21F2N3O2/c21-14-7-8-15(16(22)13-14)20(27)23-10-9-19(26)24-17-5-1-2-6-18(17)25-11-3-4-12-25/h1-2,5-8,13H,3-4,9-12H2,(H,23,27)(H,24,26). The summed E-state index contributed by atoms with van der Waals surface area (Å²) in [7, 11) is 0. The second-order valence-electron chi connectivity index (χ2n) is 6.39. The highest BCUT2D eigenvalue weighted by Crippen LogP contribution is 2.28. The molecule has 7 heteroatoms. The molecule has 27 heavy (non-hydrogen) atoms. The highest BCUT2D eigenvalue weighted by atomic mass is 19.1. The molecule has 0 unspecified atom stereocenters. The summed E-state index contributed by atoms with van der Waals surface area (Å²) in [6.07, 6.45) is 2.31. The molecule has 0 aromatic heterocycles. The molecule has 0 aliphatic carbocycles. The van der Waals surface area contributed by atoms with Crippen molar-refractivity contribution in [3.05, 3.63) is 59.7 Å². The molecule has 1 saturated heterocycles. The maximum Gasteiger partial charge on any atom is 0.254 e. The van der Waals surface area contributed by atoms with Crippen molar-refractivity contribution in [3.8, 4) is 0 Å². The first-order chi connectivity index (χ1) is 13.0. The van der Waals surface area contributed by atoms with Crippen LogP contribution in [0.5, 0.6) is 0 Å². The predicted molar refractivity (Wildman–Crippen MR) is 99.8 cm³/mol. The Kier molecular flexibility index (Phi) is 6.01. The number of nitrogens with zero attached hydrogens (tertiary/aromatic N) is 1. The van der Waals surface area contributed by atoms with E-state index >= 15 is 0 Å². The van der Waals surface area contributed by atoms with Crippen LogP contribution in [0.4, 0.5) is 20.2 Å². The lowest BCUT2D eigenvalue weighted by atomic mass is 10.2. The highest BCUT2D eigenvalue weighted by Gasteiger charge is 2.17. The molecule has 1 aliphatic heterocycles. The van der Waals surface area contributed by atoms with Crippen LogP contribution in [0.25, 0.3) is 0 Å². The number of rotatable bonds is 6. The van der Waals surface area contributed by atoms with Crippen molar-refractivity contribution in [2.24, 2.45) is 0 Å². The van der Waals surface area contributed by atoms with Crippen molar-refractivity contribution in [2.75, 3.05) is 29.9 Å². The molecule has 0 spiro atoms. The topological polar surface area (TPSA) is 61.4 Å².